The van der Waals surface area contributed by atoms with Crippen LogP contribution in [0.5, 0.6) is 0 Å². The maximum Gasteiger partial charge on any atom is 0.459 e. The first kappa shape index (κ1) is 38.8. The molecule has 0 amide bonds. The summed E-state index contributed by atoms with van der Waals surface area (Å²) in [5, 5.41) is -0.160. The van der Waals surface area contributed by atoms with Gasteiger partial charge in [-0.2, -0.15) is 30.7 Å². The standard InChI is InChI=1S/C30H49F7O3Si2/c1-11-15-25(38-20-24-16-13-12-14-17-24)26(21-39-41(9,10)27(6,7)8)40-42(22(2)3,23(4)5)19-18-28(31,32)29(33,34)30(35,36)37/h11-14,16-17,22-23,25-26H,1,15,18-21H2,2-10H3/t25-,26+/m0/s1. The lowest BCUT2D eigenvalue weighted by Gasteiger charge is -2.45. The Bertz CT molecular complexity index is 954. The van der Waals surface area contributed by atoms with Crippen LogP contribution in [0.15, 0.2) is 43.0 Å². The van der Waals surface area contributed by atoms with Crippen LogP contribution in [0.2, 0.25) is 35.3 Å². The van der Waals surface area contributed by atoms with Crippen molar-refractivity contribution in [3.63, 3.8) is 0 Å². The van der Waals surface area contributed by atoms with Crippen molar-refractivity contribution >= 4 is 16.6 Å². The lowest BCUT2D eigenvalue weighted by molar-refractivity contribution is -0.354. The van der Waals surface area contributed by atoms with Gasteiger partial charge in [-0.05, 0) is 47.2 Å². The lowest BCUT2D eigenvalue weighted by atomic mass is 10.1. The summed E-state index contributed by atoms with van der Waals surface area (Å²) in [4.78, 5) is 0. The van der Waals surface area contributed by atoms with E-state index in [9.17, 15) is 30.7 Å². The predicted octanol–water partition coefficient (Wildman–Crippen LogP) is 10.5. The van der Waals surface area contributed by atoms with Gasteiger partial charge in [-0.1, -0.05) is 84.9 Å². The minimum absolute atomic E-state index is 0.0487. The third kappa shape index (κ3) is 9.64. The molecule has 0 saturated heterocycles. The number of ether oxygens (including phenoxy) is 1. The van der Waals surface area contributed by atoms with Gasteiger partial charge in [0.2, 0.25) is 0 Å². The van der Waals surface area contributed by atoms with Gasteiger partial charge < -0.3 is 13.6 Å². The molecule has 0 saturated carbocycles. The van der Waals surface area contributed by atoms with Gasteiger partial charge in [-0.25, -0.2) is 0 Å². The molecule has 0 radical (unpaired) electrons. The van der Waals surface area contributed by atoms with Crippen molar-refractivity contribution in [1.82, 2.24) is 0 Å². The first-order chi connectivity index (χ1) is 18.9. The second-order valence-electron chi connectivity index (χ2n) is 13.1. The topological polar surface area (TPSA) is 27.7 Å². The maximum atomic E-state index is 14.6. The van der Waals surface area contributed by atoms with Gasteiger partial charge in [0.1, 0.15) is 0 Å². The van der Waals surface area contributed by atoms with Gasteiger partial charge in [-0.15, -0.1) is 6.58 Å². The fourth-order valence-corrected chi connectivity index (χ4v) is 10.2. The highest BCUT2D eigenvalue weighted by Gasteiger charge is 2.72. The Morgan fingerprint density at radius 3 is 1.81 bits per heavy atom. The zero-order valence-corrected chi connectivity index (χ0v) is 28.4. The number of hydrogen-bond donors (Lipinski definition) is 0. The van der Waals surface area contributed by atoms with Gasteiger partial charge in [0.25, 0.3) is 0 Å². The van der Waals surface area contributed by atoms with Crippen molar-refractivity contribution in [3.05, 3.63) is 48.6 Å². The molecule has 1 aromatic carbocycles. The summed E-state index contributed by atoms with van der Waals surface area (Å²) in [5.74, 6) is -11.5. The lowest BCUT2D eigenvalue weighted by Crippen LogP contribution is -2.56. The molecule has 0 unspecified atom stereocenters. The zero-order valence-electron chi connectivity index (χ0n) is 26.4. The minimum Gasteiger partial charge on any atom is -0.414 e. The van der Waals surface area contributed by atoms with E-state index in [4.69, 9.17) is 13.6 Å². The summed E-state index contributed by atoms with van der Waals surface area (Å²) < 4.78 is 115. The van der Waals surface area contributed by atoms with Crippen molar-refractivity contribution < 1.29 is 44.3 Å². The average Bonchev–Trinajstić information content (AvgIpc) is 2.85. The van der Waals surface area contributed by atoms with Crippen LogP contribution in [0.3, 0.4) is 0 Å². The van der Waals surface area contributed by atoms with Crippen LogP contribution in [-0.4, -0.2) is 53.5 Å². The highest BCUT2D eigenvalue weighted by atomic mass is 28.4. The summed E-state index contributed by atoms with van der Waals surface area (Å²) in [7, 11) is -5.80. The molecule has 3 nitrogen and oxygen atoms in total. The van der Waals surface area contributed by atoms with Crippen molar-refractivity contribution in [1.29, 1.82) is 0 Å². The van der Waals surface area contributed by atoms with E-state index >= 15 is 0 Å². The van der Waals surface area contributed by atoms with E-state index in [1.54, 1.807) is 33.8 Å². The second-order valence-corrected chi connectivity index (χ2v) is 22.9. The van der Waals surface area contributed by atoms with E-state index in [0.29, 0.717) is 6.42 Å². The van der Waals surface area contributed by atoms with Gasteiger partial charge >= 0.3 is 18.0 Å². The van der Waals surface area contributed by atoms with Gasteiger partial charge in [0.15, 0.2) is 16.6 Å². The number of benzene rings is 1. The Hall–Kier alpha value is -1.22. The van der Waals surface area contributed by atoms with Gasteiger partial charge in [-0.3, -0.25) is 0 Å². The number of halogens is 7. The highest BCUT2D eigenvalue weighted by Crippen LogP contribution is 2.51. The molecule has 0 N–H and O–H groups in total. The molecule has 0 bridgehead atoms. The van der Waals surface area contributed by atoms with Crippen LogP contribution in [0.1, 0.15) is 66.9 Å². The minimum atomic E-state index is -6.38. The Balaban J connectivity index is 3.52. The first-order valence-corrected chi connectivity index (χ1v) is 19.5. The third-order valence-electron chi connectivity index (χ3n) is 8.51. The Kier molecular flexibility index (Phi) is 13.6. The van der Waals surface area contributed by atoms with Crippen molar-refractivity contribution in [3.8, 4) is 0 Å². The van der Waals surface area contributed by atoms with E-state index in [2.05, 4.69) is 27.4 Å². The third-order valence-corrected chi connectivity index (χ3v) is 18.7. The smallest absolute Gasteiger partial charge is 0.414 e. The quantitative estimate of drug-likeness (QED) is 0.0958. The fourth-order valence-electron chi connectivity index (χ4n) is 4.57. The van der Waals surface area contributed by atoms with E-state index in [1.807, 2.05) is 43.4 Å². The fraction of sp³-hybridized carbons (Fsp3) is 0.733. The van der Waals surface area contributed by atoms with Crippen molar-refractivity contribution in [2.45, 2.75) is 133 Å². The summed E-state index contributed by atoms with van der Waals surface area (Å²) >= 11 is 0. The normalized spacial score (nSPS) is 15.8. The molecule has 0 spiro atoms. The molecule has 0 aliphatic carbocycles. The van der Waals surface area contributed by atoms with Crippen molar-refractivity contribution in [2.75, 3.05) is 6.61 Å². The number of hydrogen-bond acceptors (Lipinski definition) is 3. The largest absolute Gasteiger partial charge is 0.459 e. The van der Waals surface area contributed by atoms with Crippen LogP contribution in [-0.2, 0) is 20.2 Å². The van der Waals surface area contributed by atoms with Crippen LogP contribution >= 0.6 is 0 Å². The van der Waals surface area contributed by atoms with Crippen molar-refractivity contribution in [2.24, 2.45) is 0 Å². The van der Waals surface area contributed by atoms with E-state index in [-0.39, 0.29) is 29.3 Å². The molecule has 42 heavy (non-hydrogen) atoms. The van der Waals surface area contributed by atoms with Crippen LogP contribution in [0.4, 0.5) is 30.7 Å². The second kappa shape index (κ2) is 14.7. The number of rotatable bonds is 17. The SMILES string of the molecule is C=CC[C@H](OCc1ccccc1)[C@@H](CO[Si](C)(C)C(C)(C)C)O[Si](CCC(F)(F)C(F)(F)C(F)(F)F)(C(C)C)C(C)C. The molecular formula is C30H49F7O3Si2. The molecule has 0 heterocycles. The Morgan fingerprint density at radius 1 is 0.857 bits per heavy atom. The zero-order chi connectivity index (χ0) is 32.8. The highest BCUT2D eigenvalue weighted by molar-refractivity contribution is 6.76. The summed E-state index contributed by atoms with van der Waals surface area (Å²) in [6, 6.07) is 8.77. The Labute approximate surface area is 249 Å². The van der Waals surface area contributed by atoms with Gasteiger partial charge in [0, 0.05) is 6.42 Å². The first-order valence-electron chi connectivity index (χ1n) is 14.4. The Morgan fingerprint density at radius 2 is 1.38 bits per heavy atom. The maximum absolute atomic E-state index is 14.6. The molecule has 0 aliphatic rings. The monoisotopic (exact) mass is 646 g/mol. The van der Waals surface area contributed by atoms with Crippen LogP contribution < -0.4 is 0 Å². The van der Waals surface area contributed by atoms with E-state index in [0.717, 1.165) is 5.56 Å². The number of alkyl halides is 7. The molecule has 0 aliphatic heterocycles. The van der Waals surface area contributed by atoms with E-state index < -0.39 is 59.3 Å². The molecule has 0 fully saturated rings. The predicted molar refractivity (Wildman–Crippen MR) is 159 cm³/mol. The molecule has 2 atom stereocenters. The molecule has 0 aromatic heterocycles. The summed E-state index contributed by atoms with van der Waals surface area (Å²) in [5.41, 5.74) is 0.115. The van der Waals surface area contributed by atoms with Gasteiger partial charge in [0.05, 0.1) is 25.4 Å². The molecular weight excluding hydrogens is 597 g/mol. The summed E-state index contributed by atoms with van der Waals surface area (Å²) in [6.45, 7) is 21.3. The summed E-state index contributed by atoms with van der Waals surface area (Å²) in [6.07, 6.45) is -7.50. The van der Waals surface area contributed by atoms with E-state index in [1.165, 1.54) is 0 Å². The van der Waals surface area contributed by atoms with Crippen LogP contribution in [0, 0.1) is 0 Å². The molecule has 12 heteroatoms. The molecule has 244 valence electrons. The average molecular weight is 647 g/mol. The molecule has 1 rings (SSSR count). The van der Waals surface area contributed by atoms with Crippen LogP contribution in [0.25, 0.3) is 0 Å². The molecule has 1 aromatic rings.